The van der Waals surface area contributed by atoms with E-state index in [0.29, 0.717) is 0 Å². The van der Waals surface area contributed by atoms with E-state index in [9.17, 15) is 0 Å². The maximum absolute atomic E-state index is 3.30. The Bertz CT molecular complexity index is 189. The summed E-state index contributed by atoms with van der Waals surface area (Å²) in [5.41, 5.74) is 3.34. The van der Waals surface area contributed by atoms with E-state index in [1.54, 1.807) is 11.1 Å². The Morgan fingerprint density at radius 1 is 1.10 bits per heavy atom. The molecule has 0 fully saturated rings. The van der Waals surface area contributed by atoms with Gasteiger partial charge in [0.15, 0.2) is 6.21 Å². The highest BCUT2D eigenvalue weighted by atomic mass is 14.7. The monoisotopic (exact) mass is 136 g/mol. The molecule has 1 heteroatoms. The number of hydrogen-bond acceptors (Lipinski definition) is 0. The molecule has 1 aliphatic carbocycles. The van der Waals surface area contributed by atoms with Gasteiger partial charge in [-0.3, -0.25) is 0 Å². The van der Waals surface area contributed by atoms with Crippen molar-refractivity contribution in [2.75, 3.05) is 6.54 Å². The van der Waals surface area contributed by atoms with Gasteiger partial charge in [0.2, 0.25) is 0 Å². The van der Waals surface area contributed by atoms with Gasteiger partial charge < -0.3 is 0 Å². The lowest BCUT2D eigenvalue weighted by molar-refractivity contribution is -0.452. The molecule has 0 aromatic carbocycles. The van der Waals surface area contributed by atoms with Crippen LogP contribution in [-0.4, -0.2) is 12.8 Å². The van der Waals surface area contributed by atoms with Gasteiger partial charge in [-0.25, -0.2) is 4.99 Å². The van der Waals surface area contributed by atoms with Crippen molar-refractivity contribution in [3.63, 3.8) is 0 Å². The molecule has 0 radical (unpaired) electrons. The molecular weight excluding hydrogens is 122 g/mol. The Balaban J connectivity index is 2.23. The summed E-state index contributed by atoms with van der Waals surface area (Å²) in [6, 6.07) is 0. The van der Waals surface area contributed by atoms with E-state index in [-0.39, 0.29) is 0 Å². The Hall–Kier alpha value is -0.590. The Kier molecular flexibility index (Phi) is 1.58. The van der Waals surface area contributed by atoms with Crippen LogP contribution in [0.5, 0.6) is 0 Å². The minimum absolute atomic E-state index is 1.17. The SMILES string of the molecule is C1=[NH+]CCC2=C1CCCC2. The molecule has 0 bridgehead atoms. The fourth-order valence-corrected chi connectivity index (χ4v) is 1.87. The van der Waals surface area contributed by atoms with E-state index < -0.39 is 0 Å². The van der Waals surface area contributed by atoms with E-state index in [0.717, 1.165) is 0 Å². The highest BCUT2D eigenvalue weighted by molar-refractivity contribution is 5.75. The third kappa shape index (κ3) is 1.00. The Labute approximate surface area is 61.9 Å². The lowest BCUT2D eigenvalue weighted by Gasteiger charge is -2.16. The summed E-state index contributed by atoms with van der Waals surface area (Å²) in [5, 5.41) is 0. The molecule has 1 N–H and O–H groups in total. The zero-order valence-electron chi connectivity index (χ0n) is 6.32. The van der Waals surface area contributed by atoms with Crippen LogP contribution < -0.4 is 4.99 Å². The van der Waals surface area contributed by atoms with E-state index >= 15 is 0 Å². The molecule has 2 aliphatic rings. The molecule has 0 aromatic heterocycles. The zero-order chi connectivity index (χ0) is 6.81. The predicted molar refractivity (Wildman–Crippen MR) is 42.0 cm³/mol. The number of allylic oxidation sites excluding steroid dienone is 1. The smallest absolute Gasteiger partial charge is 0.164 e. The Morgan fingerprint density at radius 2 is 2.00 bits per heavy atom. The van der Waals surface area contributed by atoms with Crippen molar-refractivity contribution in [1.82, 2.24) is 0 Å². The van der Waals surface area contributed by atoms with Gasteiger partial charge in [-0.15, -0.1) is 0 Å². The van der Waals surface area contributed by atoms with E-state index in [2.05, 4.69) is 11.2 Å². The molecule has 0 spiro atoms. The first-order chi connectivity index (χ1) is 4.97. The van der Waals surface area contributed by atoms with Crippen molar-refractivity contribution in [3.05, 3.63) is 11.1 Å². The summed E-state index contributed by atoms with van der Waals surface area (Å²) in [6.07, 6.45) is 9.03. The van der Waals surface area contributed by atoms with Gasteiger partial charge in [0.1, 0.15) is 6.54 Å². The number of nitrogens with one attached hydrogen (secondary N) is 1. The van der Waals surface area contributed by atoms with Crippen LogP contribution in [0, 0.1) is 0 Å². The second kappa shape index (κ2) is 2.57. The molecule has 1 aliphatic heterocycles. The number of hydrogen-bond donors (Lipinski definition) is 1. The van der Waals surface area contributed by atoms with Gasteiger partial charge in [0, 0.05) is 12.0 Å². The van der Waals surface area contributed by atoms with Crippen LogP contribution in [0.1, 0.15) is 32.1 Å². The molecule has 54 valence electrons. The minimum atomic E-state index is 1.17. The first-order valence-corrected chi connectivity index (χ1v) is 4.24. The molecule has 1 nitrogen and oxygen atoms in total. The van der Waals surface area contributed by atoms with Crippen LogP contribution in [0.15, 0.2) is 11.1 Å². The van der Waals surface area contributed by atoms with Crippen LogP contribution in [-0.2, 0) is 0 Å². The van der Waals surface area contributed by atoms with E-state index in [4.69, 9.17) is 0 Å². The van der Waals surface area contributed by atoms with E-state index in [1.165, 1.54) is 38.6 Å². The minimum Gasteiger partial charge on any atom is -0.248 e. The summed E-state index contributed by atoms with van der Waals surface area (Å²) in [7, 11) is 0. The summed E-state index contributed by atoms with van der Waals surface area (Å²) < 4.78 is 0. The van der Waals surface area contributed by atoms with Gasteiger partial charge in [-0.1, -0.05) is 5.57 Å². The van der Waals surface area contributed by atoms with Gasteiger partial charge in [0.05, 0.1) is 0 Å². The van der Waals surface area contributed by atoms with E-state index in [1.807, 2.05) is 0 Å². The lowest BCUT2D eigenvalue weighted by Crippen LogP contribution is -2.70. The van der Waals surface area contributed by atoms with Crippen LogP contribution >= 0.6 is 0 Å². The van der Waals surface area contributed by atoms with Gasteiger partial charge >= 0.3 is 0 Å². The molecule has 0 aromatic rings. The average molecular weight is 136 g/mol. The maximum Gasteiger partial charge on any atom is 0.164 e. The second-order valence-corrected chi connectivity index (χ2v) is 3.18. The normalized spacial score (nSPS) is 24.8. The largest absolute Gasteiger partial charge is 0.248 e. The fraction of sp³-hybridized carbons (Fsp3) is 0.667. The zero-order valence-corrected chi connectivity index (χ0v) is 6.32. The molecule has 0 saturated carbocycles. The quantitative estimate of drug-likeness (QED) is 0.496. The van der Waals surface area contributed by atoms with Crippen molar-refractivity contribution in [1.29, 1.82) is 0 Å². The average Bonchev–Trinajstić information content (AvgIpc) is 2.05. The number of rotatable bonds is 0. The first-order valence-electron chi connectivity index (χ1n) is 4.24. The maximum atomic E-state index is 3.30. The second-order valence-electron chi connectivity index (χ2n) is 3.18. The van der Waals surface area contributed by atoms with Gasteiger partial charge in [0.25, 0.3) is 0 Å². The summed E-state index contributed by atoms with van der Waals surface area (Å²) in [6.45, 7) is 1.17. The van der Waals surface area contributed by atoms with Crippen LogP contribution in [0.25, 0.3) is 0 Å². The highest BCUT2D eigenvalue weighted by Crippen LogP contribution is 2.25. The van der Waals surface area contributed by atoms with Crippen LogP contribution in [0.3, 0.4) is 0 Å². The highest BCUT2D eigenvalue weighted by Gasteiger charge is 2.15. The molecule has 0 atom stereocenters. The van der Waals surface area contributed by atoms with Gasteiger partial charge in [-0.05, 0) is 25.7 Å². The topological polar surface area (TPSA) is 14.0 Å². The van der Waals surface area contributed by atoms with Crippen molar-refractivity contribution < 1.29 is 4.99 Å². The molecular formula is C9H14N+. The predicted octanol–water partition coefficient (Wildman–Crippen LogP) is 0.412. The summed E-state index contributed by atoms with van der Waals surface area (Å²) in [4.78, 5) is 3.30. The van der Waals surface area contributed by atoms with Crippen molar-refractivity contribution in [2.24, 2.45) is 0 Å². The van der Waals surface area contributed by atoms with Crippen molar-refractivity contribution in [2.45, 2.75) is 32.1 Å². The fourth-order valence-electron chi connectivity index (χ4n) is 1.87. The molecule has 0 unspecified atom stereocenters. The van der Waals surface area contributed by atoms with Crippen LogP contribution in [0.2, 0.25) is 0 Å². The van der Waals surface area contributed by atoms with Crippen LogP contribution in [0.4, 0.5) is 0 Å². The van der Waals surface area contributed by atoms with Gasteiger partial charge in [-0.2, -0.15) is 0 Å². The Morgan fingerprint density at radius 3 is 2.90 bits per heavy atom. The first kappa shape index (κ1) is 6.14. The molecule has 1 heterocycles. The molecule has 10 heavy (non-hydrogen) atoms. The third-order valence-corrected chi connectivity index (χ3v) is 2.48. The van der Waals surface area contributed by atoms with Crippen molar-refractivity contribution in [3.8, 4) is 0 Å². The summed E-state index contributed by atoms with van der Waals surface area (Å²) in [5.74, 6) is 0. The third-order valence-electron chi connectivity index (χ3n) is 2.48. The lowest BCUT2D eigenvalue weighted by atomic mass is 9.89. The molecule has 0 amide bonds. The molecule has 0 saturated heterocycles. The summed E-state index contributed by atoms with van der Waals surface area (Å²) >= 11 is 0. The van der Waals surface area contributed by atoms with Crippen molar-refractivity contribution >= 4 is 6.21 Å². The standard InChI is InChI=1S/C9H13N/c1-2-4-9-7-10-6-5-8(9)3-1/h7H,1-6H2/p+1. The molecule has 2 rings (SSSR count).